The molecule has 56 valence electrons. The van der Waals surface area contributed by atoms with Crippen molar-refractivity contribution in [3.63, 3.8) is 0 Å². The summed E-state index contributed by atoms with van der Waals surface area (Å²) in [5.74, 6) is 0. The molecule has 0 saturated carbocycles. The molecule has 2 rings (SSSR count). The van der Waals surface area contributed by atoms with Gasteiger partial charge in [0.15, 0.2) is 0 Å². The molecule has 0 amide bonds. The third-order valence-electron chi connectivity index (χ3n) is 1.86. The number of halogens is 1. The van der Waals surface area contributed by atoms with E-state index in [1.165, 1.54) is 11.1 Å². The quantitative estimate of drug-likeness (QED) is 0.541. The summed E-state index contributed by atoms with van der Waals surface area (Å²) in [5, 5.41) is 0.562. The first-order chi connectivity index (χ1) is 5.29. The summed E-state index contributed by atoms with van der Waals surface area (Å²) >= 11 is 5.84. The first kappa shape index (κ1) is 6.80. The van der Waals surface area contributed by atoms with E-state index >= 15 is 0 Å². The van der Waals surface area contributed by atoms with E-state index in [-0.39, 0.29) is 0 Å². The largest absolute Gasteiger partial charge is 0.288 e. The monoisotopic (exact) mass is 166 g/mol. The molecule has 0 unspecified atom stereocenters. The van der Waals surface area contributed by atoms with Crippen molar-refractivity contribution in [1.29, 1.82) is 0 Å². The lowest BCUT2D eigenvalue weighted by atomic mass is 10.1. The van der Waals surface area contributed by atoms with Crippen LogP contribution in [0.25, 0.3) is 0 Å². The maximum Gasteiger partial charge on any atom is 0.138 e. The zero-order chi connectivity index (χ0) is 7.84. The van der Waals surface area contributed by atoms with Crippen LogP contribution in [0.2, 0.25) is 5.15 Å². The van der Waals surface area contributed by atoms with E-state index in [2.05, 4.69) is 9.98 Å². The van der Waals surface area contributed by atoms with Gasteiger partial charge in [0.05, 0.1) is 6.54 Å². The second-order valence-electron chi connectivity index (χ2n) is 2.59. The van der Waals surface area contributed by atoms with Crippen LogP contribution in [0.4, 0.5) is 0 Å². The van der Waals surface area contributed by atoms with E-state index in [1.54, 1.807) is 12.4 Å². The fourth-order valence-electron chi connectivity index (χ4n) is 1.21. The first-order valence-corrected chi connectivity index (χ1v) is 3.80. The van der Waals surface area contributed by atoms with Crippen molar-refractivity contribution in [2.24, 2.45) is 4.99 Å². The number of aromatic nitrogens is 1. The Balaban J connectivity index is 2.71. The zero-order valence-electron chi connectivity index (χ0n) is 6.13. The average molecular weight is 167 g/mol. The number of rotatable bonds is 0. The van der Waals surface area contributed by atoms with Gasteiger partial charge in [-0.25, -0.2) is 4.98 Å². The molecule has 0 bridgehead atoms. The number of pyridine rings is 1. The van der Waals surface area contributed by atoms with Gasteiger partial charge in [0, 0.05) is 18.0 Å². The Morgan fingerprint density at radius 2 is 2.36 bits per heavy atom. The third kappa shape index (κ3) is 0.942. The van der Waals surface area contributed by atoms with Gasteiger partial charge in [-0.05, 0) is 18.1 Å². The molecule has 0 saturated heterocycles. The van der Waals surface area contributed by atoms with Crippen molar-refractivity contribution in [2.45, 2.75) is 13.5 Å². The van der Waals surface area contributed by atoms with Gasteiger partial charge in [-0.15, -0.1) is 0 Å². The summed E-state index contributed by atoms with van der Waals surface area (Å²) < 4.78 is 0. The van der Waals surface area contributed by atoms with Crippen LogP contribution in [0.1, 0.15) is 16.7 Å². The number of aryl methyl sites for hydroxylation is 1. The summed E-state index contributed by atoms with van der Waals surface area (Å²) in [5.41, 5.74) is 3.37. The SMILES string of the molecule is Cc1cnc(Cl)c2c1CN=C2. The number of hydrogen-bond acceptors (Lipinski definition) is 2. The Bertz CT molecular complexity index is 331. The van der Waals surface area contributed by atoms with Gasteiger partial charge >= 0.3 is 0 Å². The van der Waals surface area contributed by atoms with Crippen LogP contribution in [-0.4, -0.2) is 11.2 Å². The van der Waals surface area contributed by atoms with Crippen molar-refractivity contribution in [2.75, 3.05) is 0 Å². The zero-order valence-corrected chi connectivity index (χ0v) is 6.89. The van der Waals surface area contributed by atoms with Gasteiger partial charge in [-0.3, -0.25) is 4.99 Å². The van der Waals surface area contributed by atoms with Gasteiger partial charge in [0.2, 0.25) is 0 Å². The van der Waals surface area contributed by atoms with Gasteiger partial charge < -0.3 is 0 Å². The summed E-state index contributed by atoms with van der Waals surface area (Å²) in [6.07, 6.45) is 3.58. The molecule has 0 atom stereocenters. The molecule has 0 spiro atoms. The smallest absolute Gasteiger partial charge is 0.138 e. The van der Waals surface area contributed by atoms with Crippen molar-refractivity contribution >= 4 is 17.8 Å². The van der Waals surface area contributed by atoms with Gasteiger partial charge in [-0.1, -0.05) is 11.6 Å². The van der Waals surface area contributed by atoms with Gasteiger partial charge in [0.25, 0.3) is 0 Å². The molecule has 1 aromatic rings. The predicted molar refractivity (Wildman–Crippen MR) is 45.3 cm³/mol. The average Bonchev–Trinajstić information content (AvgIpc) is 2.45. The standard InChI is InChI=1S/C8H7ClN2/c1-5-2-11-8(9)7-4-10-3-6(5)7/h2,4H,3H2,1H3. The molecule has 1 aliphatic rings. The Labute approximate surface area is 69.9 Å². The lowest BCUT2D eigenvalue weighted by molar-refractivity contribution is 1.07. The molecule has 0 N–H and O–H groups in total. The Kier molecular flexibility index (Phi) is 1.43. The maximum atomic E-state index is 5.84. The first-order valence-electron chi connectivity index (χ1n) is 3.43. The second-order valence-corrected chi connectivity index (χ2v) is 2.95. The van der Waals surface area contributed by atoms with Crippen molar-refractivity contribution in [3.05, 3.63) is 28.0 Å². The van der Waals surface area contributed by atoms with E-state index < -0.39 is 0 Å². The highest BCUT2D eigenvalue weighted by molar-refractivity contribution is 6.32. The highest BCUT2D eigenvalue weighted by Gasteiger charge is 2.12. The molecule has 1 aromatic heterocycles. The minimum absolute atomic E-state index is 0.562. The van der Waals surface area contributed by atoms with Crippen molar-refractivity contribution < 1.29 is 0 Å². The van der Waals surface area contributed by atoms with E-state index in [1.807, 2.05) is 6.92 Å². The molecule has 2 nitrogen and oxygen atoms in total. The summed E-state index contributed by atoms with van der Waals surface area (Å²) in [4.78, 5) is 8.15. The lowest BCUT2D eigenvalue weighted by Crippen LogP contribution is -1.92. The Hall–Kier alpha value is -0.890. The minimum Gasteiger partial charge on any atom is -0.288 e. The molecule has 0 aromatic carbocycles. The molecule has 0 aliphatic carbocycles. The van der Waals surface area contributed by atoms with Crippen LogP contribution >= 0.6 is 11.6 Å². The Morgan fingerprint density at radius 3 is 3.09 bits per heavy atom. The van der Waals surface area contributed by atoms with Crippen LogP contribution in [0.5, 0.6) is 0 Å². The van der Waals surface area contributed by atoms with E-state index in [0.717, 1.165) is 12.1 Å². The van der Waals surface area contributed by atoms with Crippen LogP contribution in [0, 0.1) is 6.92 Å². The summed E-state index contributed by atoms with van der Waals surface area (Å²) in [6, 6.07) is 0. The maximum absolute atomic E-state index is 5.84. The highest BCUT2D eigenvalue weighted by atomic mass is 35.5. The van der Waals surface area contributed by atoms with Crippen LogP contribution in [-0.2, 0) is 6.54 Å². The Morgan fingerprint density at radius 1 is 1.55 bits per heavy atom. The van der Waals surface area contributed by atoms with E-state index in [4.69, 9.17) is 11.6 Å². The molecular formula is C8H7ClN2. The molecule has 11 heavy (non-hydrogen) atoms. The fourth-order valence-corrected chi connectivity index (χ4v) is 1.42. The number of nitrogens with zero attached hydrogens (tertiary/aromatic N) is 2. The molecular weight excluding hydrogens is 160 g/mol. The predicted octanol–water partition coefficient (Wildman–Crippen LogP) is 1.98. The summed E-state index contributed by atoms with van der Waals surface area (Å²) in [6.45, 7) is 2.78. The number of fused-ring (bicyclic) bond motifs is 1. The van der Waals surface area contributed by atoms with Gasteiger partial charge in [0.1, 0.15) is 5.15 Å². The van der Waals surface area contributed by atoms with E-state index in [0.29, 0.717) is 5.15 Å². The summed E-state index contributed by atoms with van der Waals surface area (Å²) in [7, 11) is 0. The lowest BCUT2D eigenvalue weighted by Gasteiger charge is -2.01. The number of hydrogen-bond donors (Lipinski definition) is 0. The highest BCUT2D eigenvalue weighted by Crippen LogP contribution is 2.23. The number of aliphatic imine (C=N–C) groups is 1. The molecule has 1 aliphatic heterocycles. The topological polar surface area (TPSA) is 25.2 Å². The molecule has 0 radical (unpaired) electrons. The normalized spacial score (nSPS) is 13.6. The molecule has 2 heterocycles. The van der Waals surface area contributed by atoms with Gasteiger partial charge in [-0.2, -0.15) is 0 Å². The van der Waals surface area contributed by atoms with Crippen LogP contribution < -0.4 is 0 Å². The van der Waals surface area contributed by atoms with Crippen molar-refractivity contribution in [1.82, 2.24) is 4.98 Å². The minimum atomic E-state index is 0.562. The van der Waals surface area contributed by atoms with Crippen LogP contribution in [0.3, 0.4) is 0 Å². The third-order valence-corrected chi connectivity index (χ3v) is 2.17. The molecule has 3 heteroatoms. The van der Waals surface area contributed by atoms with E-state index in [9.17, 15) is 0 Å². The van der Waals surface area contributed by atoms with Crippen LogP contribution in [0.15, 0.2) is 11.2 Å². The molecule has 0 fully saturated rings. The van der Waals surface area contributed by atoms with Crippen molar-refractivity contribution in [3.8, 4) is 0 Å². The fraction of sp³-hybridized carbons (Fsp3) is 0.250. The second kappa shape index (κ2) is 2.31.